The zero-order valence-corrected chi connectivity index (χ0v) is 10.9. The predicted octanol–water partition coefficient (Wildman–Crippen LogP) is 2.73. The molecule has 1 aliphatic rings. The van der Waals surface area contributed by atoms with Crippen LogP contribution in [0.25, 0.3) is 0 Å². The molecule has 1 aromatic rings. The Morgan fingerprint density at radius 2 is 2.40 bits per heavy atom. The highest BCUT2D eigenvalue weighted by molar-refractivity contribution is 9.10. The van der Waals surface area contributed by atoms with Gasteiger partial charge in [-0.3, -0.25) is 0 Å². The van der Waals surface area contributed by atoms with E-state index in [1.54, 1.807) is 7.11 Å². The van der Waals surface area contributed by atoms with E-state index >= 15 is 0 Å². The van der Waals surface area contributed by atoms with Crippen LogP contribution in [0.1, 0.15) is 37.3 Å². The smallest absolute Gasteiger partial charge is 0.127 e. The maximum absolute atomic E-state index is 5.11. The van der Waals surface area contributed by atoms with Gasteiger partial charge in [-0.2, -0.15) is 0 Å². The number of imidazole rings is 1. The van der Waals surface area contributed by atoms with Crippen molar-refractivity contribution in [1.82, 2.24) is 9.55 Å². The third-order valence-corrected chi connectivity index (χ3v) is 3.68. The minimum atomic E-state index is 0.583. The Morgan fingerprint density at radius 1 is 1.60 bits per heavy atom. The lowest BCUT2D eigenvalue weighted by molar-refractivity contribution is 0.198. The second kappa shape index (κ2) is 4.66. The number of nitrogens with zero attached hydrogens (tertiary/aromatic N) is 2. The van der Waals surface area contributed by atoms with E-state index < -0.39 is 0 Å². The van der Waals surface area contributed by atoms with E-state index in [9.17, 15) is 0 Å². The van der Waals surface area contributed by atoms with E-state index in [1.165, 1.54) is 18.5 Å². The minimum absolute atomic E-state index is 0.583. The summed E-state index contributed by atoms with van der Waals surface area (Å²) in [5.74, 6) is 1.16. The highest BCUT2D eigenvalue weighted by Crippen LogP contribution is 2.31. The van der Waals surface area contributed by atoms with Crippen molar-refractivity contribution >= 4 is 15.9 Å². The lowest BCUT2D eigenvalue weighted by atomic mass is 10.0. The Hall–Kier alpha value is -0.350. The first-order chi connectivity index (χ1) is 7.24. The number of ether oxygens (including phenoxy) is 1. The molecule has 4 heteroatoms. The van der Waals surface area contributed by atoms with Crippen molar-refractivity contribution in [1.29, 1.82) is 0 Å². The van der Waals surface area contributed by atoms with Crippen molar-refractivity contribution in [3.8, 4) is 0 Å². The zero-order valence-electron chi connectivity index (χ0n) is 9.29. The first-order valence-electron chi connectivity index (χ1n) is 5.48. The first kappa shape index (κ1) is 11.1. The molecule has 0 aliphatic carbocycles. The molecule has 0 spiro atoms. The van der Waals surface area contributed by atoms with Gasteiger partial charge in [0.15, 0.2) is 0 Å². The fourth-order valence-electron chi connectivity index (χ4n) is 2.29. The summed E-state index contributed by atoms with van der Waals surface area (Å²) < 4.78 is 8.52. The molecule has 84 valence electrons. The Bertz CT molecular complexity index is 349. The fraction of sp³-hybridized carbons (Fsp3) is 0.727. The van der Waals surface area contributed by atoms with Gasteiger partial charge in [-0.05, 0) is 42.1 Å². The Kier molecular flexibility index (Phi) is 3.46. The molecule has 1 aliphatic heterocycles. The van der Waals surface area contributed by atoms with E-state index in [4.69, 9.17) is 4.74 Å². The summed E-state index contributed by atoms with van der Waals surface area (Å²) in [6, 6.07) is 0.583. The molecule has 0 N–H and O–H groups in total. The molecule has 3 nitrogen and oxygen atoms in total. The number of methoxy groups -OCH3 is 1. The Morgan fingerprint density at radius 3 is 3.13 bits per heavy atom. The van der Waals surface area contributed by atoms with Crippen LogP contribution in [0.5, 0.6) is 0 Å². The molecule has 0 fully saturated rings. The molecule has 2 rings (SSSR count). The van der Waals surface area contributed by atoms with Gasteiger partial charge in [0.1, 0.15) is 10.4 Å². The zero-order chi connectivity index (χ0) is 10.8. The van der Waals surface area contributed by atoms with Crippen molar-refractivity contribution in [3.63, 3.8) is 0 Å². The maximum atomic E-state index is 5.11. The van der Waals surface area contributed by atoms with Gasteiger partial charge in [0.25, 0.3) is 0 Å². The van der Waals surface area contributed by atoms with Crippen LogP contribution >= 0.6 is 15.9 Å². The van der Waals surface area contributed by atoms with E-state index in [-0.39, 0.29) is 0 Å². The molecular formula is C11H17BrN2O. The monoisotopic (exact) mass is 272 g/mol. The van der Waals surface area contributed by atoms with Gasteiger partial charge in [0, 0.05) is 19.6 Å². The lowest BCUT2D eigenvalue weighted by Gasteiger charge is -2.24. The second-order valence-corrected chi connectivity index (χ2v) is 4.87. The minimum Gasteiger partial charge on any atom is -0.384 e. The average Bonchev–Trinajstić information content (AvgIpc) is 2.55. The summed E-state index contributed by atoms with van der Waals surface area (Å²) >= 11 is 3.55. The van der Waals surface area contributed by atoms with Crippen LogP contribution in [0.2, 0.25) is 0 Å². The van der Waals surface area contributed by atoms with Crippen molar-refractivity contribution in [2.45, 2.75) is 38.6 Å². The molecule has 1 unspecified atom stereocenters. The summed E-state index contributed by atoms with van der Waals surface area (Å²) in [4.78, 5) is 4.58. The highest BCUT2D eigenvalue weighted by atomic mass is 79.9. The summed E-state index contributed by atoms with van der Waals surface area (Å²) in [5, 5.41) is 0. The van der Waals surface area contributed by atoms with Crippen LogP contribution in [0.3, 0.4) is 0 Å². The van der Waals surface area contributed by atoms with Crippen molar-refractivity contribution in [2.24, 2.45) is 0 Å². The van der Waals surface area contributed by atoms with Crippen molar-refractivity contribution in [3.05, 3.63) is 16.1 Å². The molecule has 1 atom stereocenters. The number of hydrogen-bond acceptors (Lipinski definition) is 2. The van der Waals surface area contributed by atoms with Crippen molar-refractivity contribution in [2.75, 3.05) is 13.7 Å². The normalized spacial score (nSPS) is 20.3. The number of fused-ring (bicyclic) bond motifs is 1. The Balaban J connectivity index is 2.30. The number of aromatic nitrogens is 2. The quantitative estimate of drug-likeness (QED) is 0.846. The molecule has 2 heterocycles. The third kappa shape index (κ3) is 2.11. The number of halogens is 1. The fourth-order valence-corrected chi connectivity index (χ4v) is 2.89. The maximum Gasteiger partial charge on any atom is 0.127 e. The van der Waals surface area contributed by atoms with Gasteiger partial charge in [-0.25, -0.2) is 4.98 Å². The molecule has 0 amide bonds. The SMILES string of the molecule is COCCc1nc(Br)c2n1C(C)CCC2. The molecule has 15 heavy (non-hydrogen) atoms. The second-order valence-electron chi connectivity index (χ2n) is 4.12. The standard InChI is InChI=1S/C11H17BrN2O/c1-8-4-3-5-9-11(12)13-10(14(8)9)6-7-15-2/h8H,3-7H2,1-2H3. The van der Waals surface area contributed by atoms with Crippen LogP contribution in [0.15, 0.2) is 4.60 Å². The topological polar surface area (TPSA) is 27.1 Å². The van der Waals surface area contributed by atoms with E-state index in [0.29, 0.717) is 6.04 Å². The van der Waals surface area contributed by atoms with Crippen LogP contribution < -0.4 is 0 Å². The van der Waals surface area contributed by atoms with Crippen LogP contribution in [-0.4, -0.2) is 23.3 Å². The predicted molar refractivity (Wildman–Crippen MR) is 63.2 cm³/mol. The van der Waals surface area contributed by atoms with Crippen molar-refractivity contribution < 1.29 is 4.74 Å². The first-order valence-corrected chi connectivity index (χ1v) is 6.27. The number of rotatable bonds is 3. The molecule has 0 radical (unpaired) electrons. The lowest BCUT2D eigenvalue weighted by Crippen LogP contribution is -2.18. The molecule has 0 saturated carbocycles. The highest BCUT2D eigenvalue weighted by Gasteiger charge is 2.22. The summed E-state index contributed by atoms with van der Waals surface area (Å²) in [6.45, 7) is 3.02. The van der Waals surface area contributed by atoms with Gasteiger partial charge in [-0.15, -0.1) is 0 Å². The van der Waals surface area contributed by atoms with Crippen LogP contribution in [0, 0.1) is 0 Å². The van der Waals surface area contributed by atoms with Gasteiger partial charge in [0.2, 0.25) is 0 Å². The van der Waals surface area contributed by atoms with Gasteiger partial charge < -0.3 is 9.30 Å². The molecule has 1 aromatic heterocycles. The summed E-state index contributed by atoms with van der Waals surface area (Å²) in [7, 11) is 1.73. The summed E-state index contributed by atoms with van der Waals surface area (Å²) in [5.41, 5.74) is 1.36. The number of hydrogen-bond donors (Lipinski definition) is 0. The molecule has 0 saturated heterocycles. The third-order valence-electron chi connectivity index (χ3n) is 3.04. The summed E-state index contributed by atoms with van der Waals surface area (Å²) in [6.07, 6.45) is 4.58. The molecular weight excluding hydrogens is 256 g/mol. The van der Waals surface area contributed by atoms with Gasteiger partial charge in [0.05, 0.1) is 12.3 Å². The van der Waals surface area contributed by atoms with E-state index in [0.717, 1.165) is 29.9 Å². The Labute approximate surface area is 99.0 Å². The average molecular weight is 273 g/mol. The molecule has 0 aromatic carbocycles. The van der Waals surface area contributed by atoms with E-state index in [2.05, 4.69) is 32.4 Å². The van der Waals surface area contributed by atoms with Crippen LogP contribution in [-0.2, 0) is 17.6 Å². The van der Waals surface area contributed by atoms with E-state index in [1.807, 2.05) is 0 Å². The van der Waals surface area contributed by atoms with Crippen LogP contribution in [0.4, 0.5) is 0 Å². The van der Waals surface area contributed by atoms with Gasteiger partial charge in [-0.1, -0.05) is 0 Å². The van der Waals surface area contributed by atoms with Gasteiger partial charge >= 0.3 is 0 Å². The molecule has 0 bridgehead atoms. The largest absolute Gasteiger partial charge is 0.384 e.